The van der Waals surface area contributed by atoms with Crippen molar-refractivity contribution in [3.8, 4) is 0 Å². The molecule has 0 aromatic rings. The molecular formula is H5BaBiCoFeO. The van der Waals surface area contributed by atoms with Gasteiger partial charge in [-0.1, -0.05) is 0 Å². The zero-order chi connectivity index (χ0) is 2.00. The van der Waals surface area contributed by atoms with E-state index in [9.17, 15) is 0 Å². The van der Waals surface area contributed by atoms with Crippen LogP contribution in [-0.2, 0) is 36.6 Å². The molecule has 35 valence electrons. The van der Waals surface area contributed by atoms with E-state index in [-0.39, 0.29) is 91.9 Å². The fraction of sp³-hybridized carbons (Fsp3) is 0. The van der Waals surface area contributed by atoms with E-state index in [2.05, 4.69) is 0 Å². The molecule has 1 radical (unpaired) electrons. The molecule has 0 aliphatic heterocycles. The van der Waals surface area contributed by atoms with E-state index in [1.807, 2.05) is 15.9 Å². The molecule has 0 saturated heterocycles. The van der Waals surface area contributed by atoms with Gasteiger partial charge in [0.25, 0.3) is 0 Å². The van der Waals surface area contributed by atoms with Gasteiger partial charge < -0.3 is 0 Å². The second-order valence-corrected chi connectivity index (χ2v) is 0. The van der Waals surface area contributed by atoms with Gasteiger partial charge in [-0.3, -0.25) is 0 Å². The van der Waals surface area contributed by atoms with Crippen LogP contribution < -0.4 is 0 Å². The first kappa shape index (κ1) is 24.0. The van der Waals surface area contributed by atoms with E-state index in [1.54, 1.807) is 0 Å². The van der Waals surface area contributed by atoms with Gasteiger partial charge in [-0.25, -0.2) is 0 Å². The summed E-state index contributed by atoms with van der Waals surface area (Å²) in [5, 5.41) is 0. The Bertz CT molecular complexity index is 11.6. The molecule has 0 aromatic heterocycles. The molecule has 0 heterocycles. The van der Waals surface area contributed by atoms with Gasteiger partial charge in [0.15, 0.2) is 0 Å². The van der Waals surface area contributed by atoms with Gasteiger partial charge in [0.05, 0.1) is 0 Å². The molecule has 1 nitrogen and oxygen atoms in total. The average molecular weight is 482 g/mol. The molecule has 0 fully saturated rings. The summed E-state index contributed by atoms with van der Waals surface area (Å²) in [7, 11) is 0. The van der Waals surface area contributed by atoms with Crippen molar-refractivity contribution in [2.24, 2.45) is 0 Å². The Morgan fingerprint density at radius 3 is 1.20 bits per heavy atom. The van der Waals surface area contributed by atoms with Crippen molar-refractivity contribution in [2.75, 3.05) is 0 Å². The summed E-state index contributed by atoms with van der Waals surface area (Å²) in [6.45, 7) is 0. The van der Waals surface area contributed by atoms with Crippen LogP contribution in [0.1, 0.15) is 0 Å². The zero-order valence-electron chi connectivity index (χ0n) is 1.80. The third-order valence-corrected chi connectivity index (χ3v) is 0. The van der Waals surface area contributed by atoms with Crippen LogP contribution in [0, 0.1) is 0 Å². The van der Waals surface area contributed by atoms with Crippen molar-refractivity contribution in [2.45, 2.75) is 0 Å². The first-order chi connectivity index (χ1) is 1.00. The predicted molar refractivity (Wildman–Crippen MR) is 19.2 cm³/mol. The second-order valence-electron chi connectivity index (χ2n) is 0. The van der Waals surface area contributed by atoms with E-state index < -0.39 is 0 Å². The molecular weight excluding hydrogens is 477 g/mol. The summed E-state index contributed by atoms with van der Waals surface area (Å²) in [5.74, 6) is 0. The van der Waals surface area contributed by atoms with E-state index in [4.69, 9.17) is 3.83 Å². The van der Waals surface area contributed by atoms with Gasteiger partial charge in [0.2, 0.25) is 0 Å². The molecule has 0 aliphatic carbocycles. The van der Waals surface area contributed by atoms with Crippen molar-refractivity contribution in [3.63, 3.8) is 0 Å². The Morgan fingerprint density at radius 2 is 1.20 bits per heavy atom. The monoisotopic (exact) mass is 483 g/mol. The minimum atomic E-state index is 0. The fourth-order valence-corrected chi connectivity index (χ4v) is 0. The van der Waals surface area contributed by atoms with E-state index in [0.717, 1.165) is 0 Å². The zero-order valence-corrected chi connectivity index (χ0v) is 9.45. The summed E-state index contributed by atoms with van der Waals surface area (Å²) in [6.07, 6.45) is 0. The van der Waals surface area contributed by atoms with Gasteiger partial charge in [-0.05, 0) is 0 Å². The van der Waals surface area contributed by atoms with E-state index in [1.165, 1.54) is 0 Å². The van der Waals surface area contributed by atoms with Crippen molar-refractivity contribution in [1.82, 2.24) is 0 Å². The van der Waals surface area contributed by atoms with Crippen LogP contribution >= 0.6 is 0 Å². The Balaban J connectivity index is -0.00000000167. The molecule has 0 bridgehead atoms. The molecule has 0 N–H and O–H groups in total. The maximum absolute atomic E-state index is 8.00. The molecule has 5 heavy (non-hydrogen) atoms. The summed E-state index contributed by atoms with van der Waals surface area (Å²) in [6, 6.07) is 0. The van der Waals surface area contributed by atoms with Gasteiger partial charge >= 0.3 is 94.9 Å². The molecule has 0 aromatic carbocycles. The summed E-state index contributed by atoms with van der Waals surface area (Å²) < 4.78 is 8.00. The minimum absolute atomic E-state index is 0. The Morgan fingerprint density at radius 1 is 1.20 bits per heavy atom. The van der Waals surface area contributed by atoms with Crippen LogP contribution in [0.5, 0.6) is 0 Å². The first-order valence-corrected chi connectivity index (χ1v) is 0.595. The van der Waals surface area contributed by atoms with E-state index in [0.29, 0.717) is 0 Å². The Hall–Kier alpha value is 3.28. The van der Waals surface area contributed by atoms with Crippen LogP contribution in [0.3, 0.4) is 0 Å². The Kier molecular flexibility index (Phi) is 128. The van der Waals surface area contributed by atoms with Crippen LogP contribution in [-0.4, -0.2) is 75.1 Å². The van der Waals surface area contributed by atoms with Crippen LogP contribution in [0.15, 0.2) is 0 Å². The second kappa shape index (κ2) is 26.7. The fourth-order valence-electron chi connectivity index (χ4n) is 0. The van der Waals surface area contributed by atoms with Crippen molar-refractivity contribution in [1.29, 1.82) is 0 Å². The molecule has 0 atom stereocenters. The van der Waals surface area contributed by atoms with Crippen molar-refractivity contribution < 1.29 is 36.6 Å². The summed E-state index contributed by atoms with van der Waals surface area (Å²) in [4.78, 5) is 0. The van der Waals surface area contributed by atoms with Gasteiger partial charge in [0.1, 0.15) is 0 Å². The van der Waals surface area contributed by atoms with Crippen molar-refractivity contribution >= 4 is 75.1 Å². The first-order valence-electron chi connectivity index (χ1n) is 0.144. The molecule has 0 saturated carbocycles. The SMILES string of the molecule is [BaH2].[BiH3].[Co].[O]=[Fe]. The van der Waals surface area contributed by atoms with Gasteiger partial charge in [0, 0.05) is 16.8 Å². The standard InChI is InChI=1S/Ba.Bi.Co.Fe.O.5H. The van der Waals surface area contributed by atoms with Crippen LogP contribution in [0.2, 0.25) is 0 Å². The molecule has 0 rings (SSSR count). The summed E-state index contributed by atoms with van der Waals surface area (Å²) >= 11 is 2.00. The normalized spacial score (nSPS) is 1.00. The molecule has 0 spiro atoms. The van der Waals surface area contributed by atoms with Crippen LogP contribution in [0.4, 0.5) is 0 Å². The van der Waals surface area contributed by atoms with Crippen molar-refractivity contribution in [3.05, 3.63) is 0 Å². The topological polar surface area (TPSA) is 17.1 Å². The number of hydrogen-bond acceptors (Lipinski definition) is 1. The third kappa shape index (κ3) is 18.9. The summed E-state index contributed by atoms with van der Waals surface area (Å²) in [5.41, 5.74) is 0. The molecule has 0 amide bonds. The van der Waals surface area contributed by atoms with Gasteiger partial charge in [-0.2, -0.15) is 0 Å². The number of rotatable bonds is 0. The molecule has 5 heteroatoms. The quantitative estimate of drug-likeness (QED) is 0.358. The van der Waals surface area contributed by atoms with E-state index >= 15 is 0 Å². The van der Waals surface area contributed by atoms with Gasteiger partial charge in [-0.15, -0.1) is 0 Å². The molecule has 0 unspecified atom stereocenters. The molecule has 0 aliphatic rings. The third-order valence-electron chi connectivity index (χ3n) is 0. The number of hydrogen-bond donors (Lipinski definition) is 0. The average Bonchev–Trinajstić information content (AvgIpc) is 1.00. The van der Waals surface area contributed by atoms with Crippen LogP contribution in [0.25, 0.3) is 0 Å². The Labute approximate surface area is 109 Å². The predicted octanol–water partition coefficient (Wildman–Crippen LogP) is -2.22. The maximum atomic E-state index is 8.00.